The highest BCUT2D eigenvalue weighted by Crippen LogP contribution is 2.41. The number of ether oxygens (including phenoxy) is 1. The van der Waals surface area contributed by atoms with Crippen molar-refractivity contribution in [1.29, 1.82) is 0 Å². The molecule has 1 N–H and O–H groups in total. The quantitative estimate of drug-likeness (QED) is 0.641. The maximum atomic E-state index is 5.62. The van der Waals surface area contributed by atoms with E-state index in [1.165, 1.54) is 0 Å². The van der Waals surface area contributed by atoms with Gasteiger partial charge < -0.3 is 24.4 Å². The van der Waals surface area contributed by atoms with E-state index in [1.54, 1.807) is 0 Å². The van der Waals surface area contributed by atoms with Gasteiger partial charge in [0.05, 0.1) is 35.8 Å². The van der Waals surface area contributed by atoms with Crippen molar-refractivity contribution < 1.29 is 4.74 Å². The van der Waals surface area contributed by atoms with Crippen LogP contribution in [0.15, 0.2) is 35.6 Å². The first-order chi connectivity index (χ1) is 16.6. The van der Waals surface area contributed by atoms with E-state index in [2.05, 4.69) is 48.8 Å². The molecule has 34 heavy (non-hydrogen) atoms. The summed E-state index contributed by atoms with van der Waals surface area (Å²) in [4.78, 5) is 23.6. The molecule has 3 aromatic heterocycles. The smallest absolute Gasteiger partial charge is 0.230 e. The first kappa shape index (κ1) is 21.5. The largest absolute Gasteiger partial charge is 0.381 e. The monoisotopic (exact) mass is 460 g/mol. The molecule has 0 atom stereocenters. The summed E-state index contributed by atoms with van der Waals surface area (Å²) in [6.45, 7) is 5.00. The van der Waals surface area contributed by atoms with Crippen LogP contribution in [0.1, 0.15) is 31.4 Å². The van der Waals surface area contributed by atoms with Gasteiger partial charge in [-0.3, -0.25) is 4.99 Å². The lowest BCUT2D eigenvalue weighted by atomic mass is 9.79. The predicted molar refractivity (Wildman–Crippen MR) is 134 cm³/mol. The van der Waals surface area contributed by atoms with Crippen LogP contribution in [0.5, 0.6) is 0 Å². The van der Waals surface area contributed by atoms with Crippen LogP contribution in [0, 0.1) is 0 Å². The Morgan fingerprint density at radius 2 is 1.88 bits per heavy atom. The molecule has 0 radical (unpaired) electrons. The summed E-state index contributed by atoms with van der Waals surface area (Å²) >= 11 is 0. The van der Waals surface area contributed by atoms with Crippen LogP contribution in [0.4, 0.5) is 17.5 Å². The second kappa shape index (κ2) is 8.63. The van der Waals surface area contributed by atoms with Crippen molar-refractivity contribution in [2.75, 3.05) is 57.1 Å². The fraction of sp³-hybridized carbons (Fsp3) is 0.520. The summed E-state index contributed by atoms with van der Waals surface area (Å²) in [6.07, 6.45) is 10.3. The number of fused-ring (bicyclic) bond motifs is 4. The number of hydrogen-bond acceptors (Lipinski definition) is 8. The summed E-state index contributed by atoms with van der Waals surface area (Å²) < 4.78 is 8.02. The molecule has 9 heteroatoms. The lowest BCUT2D eigenvalue weighted by Gasteiger charge is -2.42. The van der Waals surface area contributed by atoms with E-state index >= 15 is 0 Å². The van der Waals surface area contributed by atoms with Gasteiger partial charge in [0.25, 0.3) is 0 Å². The number of piperazine rings is 1. The fourth-order valence-corrected chi connectivity index (χ4v) is 5.62. The Morgan fingerprint density at radius 1 is 1.06 bits per heavy atom. The minimum absolute atomic E-state index is 0.0328. The number of likely N-dealkylation sites (N-methyl/N-ethyl adjacent to an activating group) is 1. The Bertz CT molecular complexity index is 1190. The number of aromatic nitrogens is 4. The van der Waals surface area contributed by atoms with Crippen molar-refractivity contribution in [3.63, 3.8) is 0 Å². The lowest BCUT2D eigenvalue weighted by Crippen LogP contribution is -2.44. The summed E-state index contributed by atoms with van der Waals surface area (Å²) in [5.41, 5.74) is 3.19. The fourth-order valence-electron chi connectivity index (χ4n) is 5.62. The molecule has 1 spiro atoms. The number of hydrogen-bond donors (Lipinski definition) is 1. The Labute approximate surface area is 199 Å². The lowest BCUT2D eigenvalue weighted by molar-refractivity contribution is 0.0335. The van der Waals surface area contributed by atoms with Gasteiger partial charge in [0, 0.05) is 51.1 Å². The third kappa shape index (κ3) is 3.82. The van der Waals surface area contributed by atoms with E-state index in [0.29, 0.717) is 12.1 Å². The Hall–Kier alpha value is -3.04. The molecular formula is C25H32N8O. The first-order valence-corrected chi connectivity index (χ1v) is 12.2. The number of aliphatic imine (C=N–C) groups is 1. The Morgan fingerprint density at radius 3 is 2.62 bits per heavy atom. The molecule has 178 valence electrons. The molecule has 0 amide bonds. The van der Waals surface area contributed by atoms with E-state index in [0.717, 1.165) is 86.6 Å². The normalized spacial score (nSPS) is 25.1. The topological polar surface area (TPSA) is 83.7 Å². The van der Waals surface area contributed by atoms with Gasteiger partial charge >= 0.3 is 0 Å². The van der Waals surface area contributed by atoms with Crippen LogP contribution in [-0.2, 0) is 10.3 Å². The molecular weight excluding hydrogens is 428 g/mol. The molecule has 1 saturated carbocycles. The maximum Gasteiger partial charge on any atom is 0.230 e. The summed E-state index contributed by atoms with van der Waals surface area (Å²) in [6, 6.07) is 6.28. The highest BCUT2D eigenvalue weighted by Gasteiger charge is 2.40. The average Bonchev–Trinajstić information content (AvgIpc) is 3.25. The van der Waals surface area contributed by atoms with Crippen LogP contribution in [0.3, 0.4) is 0 Å². The van der Waals surface area contributed by atoms with Gasteiger partial charge in [-0.2, -0.15) is 4.98 Å². The van der Waals surface area contributed by atoms with Crippen LogP contribution in [0.2, 0.25) is 0 Å². The number of nitrogens with one attached hydrogen (secondary N) is 1. The average molecular weight is 461 g/mol. The number of nitrogens with zero attached hydrogens (tertiary/aromatic N) is 7. The molecule has 3 aromatic rings. The summed E-state index contributed by atoms with van der Waals surface area (Å²) in [5, 5.41) is 4.35. The second-order valence-corrected chi connectivity index (χ2v) is 9.82. The SMILES string of the molecule is CO[C@H]1CC[C@@]2(CC1)CN=Cc1cc3cnc(Nc4ccc(N5CCN(C)CC5)cn4)nc3n12. The Kier molecular flexibility index (Phi) is 5.45. The third-order valence-electron chi connectivity index (χ3n) is 7.71. The minimum Gasteiger partial charge on any atom is -0.381 e. The molecule has 3 aliphatic rings. The molecule has 5 heterocycles. The van der Waals surface area contributed by atoms with Crippen molar-refractivity contribution in [2.45, 2.75) is 37.3 Å². The van der Waals surface area contributed by atoms with Gasteiger partial charge in [0.2, 0.25) is 5.95 Å². The maximum absolute atomic E-state index is 5.62. The van der Waals surface area contributed by atoms with E-state index < -0.39 is 0 Å². The molecule has 2 fully saturated rings. The highest BCUT2D eigenvalue weighted by molar-refractivity contribution is 5.90. The molecule has 0 bridgehead atoms. The van der Waals surface area contributed by atoms with Gasteiger partial charge in [-0.05, 0) is 50.9 Å². The molecule has 0 unspecified atom stereocenters. The van der Waals surface area contributed by atoms with E-state index in [9.17, 15) is 0 Å². The van der Waals surface area contributed by atoms with Crippen molar-refractivity contribution >= 4 is 34.7 Å². The van der Waals surface area contributed by atoms with Crippen molar-refractivity contribution in [1.82, 2.24) is 24.4 Å². The summed E-state index contributed by atoms with van der Waals surface area (Å²) in [5.74, 6) is 1.32. The van der Waals surface area contributed by atoms with E-state index in [4.69, 9.17) is 14.7 Å². The minimum atomic E-state index is -0.0328. The van der Waals surface area contributed by atoms with Crippen molar-refractivity contribution in [3.05, 3.63) is 36.3 Å². The summed E-state index contributed by atoms with van der Waals surface area (Å²) in [7, 11) is 3.98. The highest BCUT2D eigenvalue weighted by atomic mass is 16.5. The Balaban J connectivity index is 1.25. The van der Waals surface area contributed by atoms with Crippen molar-refractivity contribution in [2.24, 2.45) is 4.99 Å². The molecule has 9 nitrogen and oxygen atoms in total. The first-order valence-electron chi connectivity index (χ1n) is 12.2. The van der Waals surface area contributed by atoms with E-state index in [-0.39, 0.29) is 5.54 Å². The van der Waals surface area contributed by atoms with Crippen molar-refractivity contribution in [3.8, 4) is 0 Å². The number of anilines is 3. The predicted octanol–water partition coefficient (Wildman–Crippen LogP) is 3.04. The zero-order valence-corrected chi connectivity index (χ0v) is 19.9. The molecule has 1 saturated heterocycles. The standard InChI is InChI=1S/C25H32N8O/c1-31-9-11-32(12-10-31)19-3-4-22(27-16-19)29-24-28-14-18-13-20-15-26-17-25(33(20)23(18)30-24)7-5-21(34-2)6-8-25/h3-4,13-16,21H,5-12,17H2,1-2H3,(H,27,28,29,30)/t21-,25+. The second-order valence-electron chi connectivity index (χ2n) is 9.82. The molecule has 2 aliphatic heterocycles. The number of methoxy groups -OCH3 is 1. The van der Waals surface area contributed by atoms with E-state index in [1.807, 2.05) is 31.8 Å². The molecule has 6 rings (SSSR count). The molecule has 1 aliphatic carbocycles. The van der Waals surface area contributed by atoms with Gasteiger partial charge in [-0.1, -0.05) is 0 Å². The van der Waals surface area contributed by atoms with Crippen LogP contribution >= 0.6 is 0 Å². The van der Waals surface area contributed by atoms with Gasteiger partial charge in [-0.25, -0.2) is 9.97 Å². The zero-order valence-electron chi connectivity index (χ0n) is 19.9. The van der Waals surface area contributed by atoms with Gasteiger partial charge in [0.1, 0.15) is 11.5 Å². The van der Waals surface area contributed by atoms with Gasteiger partial charge in [-0.15, -0.1) is 0 Å². The van der Waals surface area contributed by atoms with Crippen LogP contribution < -0.4 is 10.2 Å². The zero-order chi connectivity index (χ0) is 23.1. The van der Waals surface area contributed by atoms with Gasteiger partial charge in [0.15, 0.2) is 0 Å². The van der Waals surface area contributed by atoms with Crippen LogP contribution in [0.25, 0.3) is 11.0 Å². The number of rotatable bonds is 4. The number of pyridine rings is 1. The van der Waals surface area contributed by atoms with Crippen LogP contribution in [-0.4, -0.2) is 83.6 Å². The molecule has 0 aromatic carbocycles. The third-order valence-corrected chi connectivity index (χ3v) is 7.71.